The molecule has 1 aromatic rings. The second-order valence-electron chi connectivity index (χ2n) is 8.67. The lowest BCUT2D eigenvalue weighted by atomic mass is 9.89. The van der Waals surface area contributed by atoms with Gasteiger partial charge in [-0.2, -0.15) is 4.31 Å². The number of rotatable bonds is 3. The van der Waals surface area contributed by atoms with E-state index < -0.39 is 10.0 Å². The van der Waals surface area contributed by atoms with Crippen molar-refractivity contribution in [3.05, 3.63) is 18.2 Å². The van der Waals surface area contributed by atoms with Gasteiger partial charge >= 0.3 is 0 Å². The molecule has 3 aliphatic heterocycles. The smallest absolute Gasteiger partial charge is 0.243 e. The molecule has 0 N–H and O–H groups in total. The van der Waals surface area contributed by atoms with Crippen LogP contribution in [0.5, 0.6) is 11.5 Å². The van der Waals surface area contributed by atoms with Crippen molar-refractivity contribution in [3.63, 3.8) is 0 Å². The number of fused-ring (bicyclic) bond motifs is 1. The quantitative estimate of drug-likeness (QED) is 0.748. The van der Waals surface area contributed by atoms with Gasteiger partial charge in [0.05, 0.1) is 4.90 Å². The van der Waals surface area contributed by atoms with Crippen molar-refractivity contribution >= 4 is 15.9 Å². The summed E-state index contributed by atoms with van der Waals surface area (Å²) in [5, 5.41) is 0. The molecule has 2 fully saturated rings. The van der Waals surface area contributed by atoms with Crippen LogP contribution in [0.3, 0.4) is 0 Å². The monoisotopic (exact) mass is 422 g/mol. The highest BCUT2D eigenvalue weighted by atomic mass is 32.2. The van der Waals surface area contributed by atoms with Crippen LogP contribution >= 0.6 is 0 Å². The first-order valence-corrected chi connectivity index (χ1v) is 12.0. The second-order valence-corrected chi connectivity index (χ2v) is 10.6. The maximum atomic E-state index is 13.1. The van der Waals surface area contributed by atoms with Gasteiger partial charge in [0.15, 0.2) is 11.5 Å². The summed E-state index contributed by atoms with van der Waals surface area (Å²) in [6, 6.07) is 4.75. The average Bonchev–Trinajstić information content (AvgIpc) is 2.72. The zero-order valence-electron chi connectivity index (χ0n) is 17.2. The van der Waals surface area contributed by atoms with Crippen LogP contribution in [-0.2, 0) is 14.8 Å². The van der Waals surface area contributed by atoms with Gasteiger partial charge in [-0.3, -0.25) is 4.79 Å². The van der Waals surface area contributed by atoms with Crippen LogP contribution < -0.4 is 9.47 Å². The molecule has 3 heterocycles. The van der Waals surface area contributed by atoms with Crippen LogP contribution in [0, 0.1) is 17.8 Å². The predicted molar refractivity (Wildman–Crippen MR) is 108 cm³/mol. The molecule has 7 nitrogen and oxygen atoms in total. The standard InChI is InChI=1S/C21H30N2O5S/c1-15-11-16(2)14-22(13-15)21(24)17-5-7-23(8-6-17)29(25,26)18-3-4-19-20(12-18)28-10-9-27-19/h3-4,12,15-17H,5-11,13-14H2,1-2H3/t15-,16-/m0/s1. The molecule has 4 rings (SSSR count). The van der Waals surface area contributed by atoms with Gasteiger partial charge < -0.3 is 14.4 Å². The minimum absolute atomic E-state index is 0.0841. The largest absolute Gasteiger partial charge is 0.486 e. The summed E-state index contributed by atoms with van der Waals surface area (Å²) < 4.78 is 38.6. The predicted octanol–water partition coefficient (Wildman–Crippen LogP) is 2.36. The van der Waals surface area contributed by atoms with E-state index in [1.165, 1.54) is 10.4 Å². The Morgan fingerprint density at radius 3 is 2.28 bits per heavy atom. The molecule has 1 amide bonds. The van der Waals surface area contributed by atoms with Crippen LogP contribution in [0.25, 0.3) is 0 Å². The van der Waals surface area contributed by atoms with E-state index in [2.05, 4.69) is 13.8 Å². The molecule has 0 saturated carbocycles. The summed E-state index contributed by atoms with van der Waals surface area (Å²) in [5.41, 5.74) is 0. The topological polar surface area (TPSA) is 76.2 Å². The van der Waals surface area contributed by atoms with Gasteiger partial charge in [-0.05, 0) is 43.2 Å². The maximum Gasteiger partial charge on any atom is 0.243 e. The van der Waals surface area contributed by atoms with Crippen LogP contribution in [-0.4, -0.2) is 62.9 Å². The first-order chi connectivity index (χ1) is 13.8. The normalized spacial score (nSPS) is 26.3. The Hall–Kier alpha value is -1.80. The van der Waals surface area contributed by atoms with Gasteiger partial charge in [0, 0.05) is 38.2 Å². The summed E-state index contributed by atoms with van der Waals surface area (Å²) in [7, 11) is -3.61. The number of piperidine rings is 2. The maximum absolute atomic E-state index is 13.1. The molecule has 29 heavy (non-hydrogen) atoms. The van der Waals surface area contributed by atoms with E-state index in [1.807, 2.05) is 4.90 Å². The zero-order chi connectivity index (χ0) is 20.6. The van der Waals surface area contributed by atoms with E-state index in [9.17, 15) is 13.2 Å². The summed E-state index contributed by atoms with van der Waals surface area (Å²) in [6.45, 7) is 7.64. The van der Waals surface area contributed by atoms with Gasteiger partial charge in [-0.1, -0.05) is 13.8 Å². The van der Waals surface area contributed by atoms with Crippen molar-refractivity contribution in [1.29, 1.82) is 0 Å². The minimum atomic E-state index is -3.61. The van der Waals surface area contributed by atoms with Crippen LogP contribution in [0.1, 0.15) is 33.1 Å². The number of benzene rings is 1. The Balaban J connectivity index is 1.40. The van der Waals surface area contributed by atoms with Crippen LogP contribution in [0.2, 0.25) is 0 Å². The van der Waals surface area contributed by atoms with E-state index in [4.69, 9.17) is 9.47 Å². The lowest BCUT2D eigenvalue weighted by Gasteiger charge is -2.39. The third kappa shape index (κ3) is 4.23. The molecule has 2 atom stereocenters. The SMILES string of the molecule is C[C@H]1C[C@H](C)CN(C(=O)C2CCN(S(=O)(=O)c3ccc4c(c3)OCCO4)CC2)C1. The van der Waals surface area contributed by atoms with Crippen molar-refractivity contribution in [3.8, 4) is 11.5 Å². The van der Waals surface area contributed by atoms with Crippen molar-refractivity contribution < 1.29 is 22.7 Å². The summed E-state index contributed by atoms with van der Waals surface area (Å²) in [6.07, 6.45) is 2.31. The second kappa shape index (κ2) is 8.14. The molecule has 0 aromatic heterocycles. The molecule has 8 heteroatoms. The third-order valence-electron chi connectivity index (χ3n) is 6.14. The number of hydrogen-bond acceptors (Lipinski definition) is 5. The van der Waals surface area contributed by atoms with Gasteiger partial charge in [0.2, 0.25) is 15.9 Å². The lowest BCUT2D eigenvalue weighted by molar-refractivity contribution is -0.139. The zero-order valence-corrected chi connectivity index (χ0v) is 18.0. The molecular weight excluding hydrogens is 392 g/mol. The van der Waals surface area contributed by atoms with Crippen molar-refractivity contribution in [1.82, 2.24) is 9.21 Å². The fourth-order valence-corrected chi connectivity index (χ4v) is 6.26. The number of likely N-dealkylation sites (tertiary alicyclic amines) is 1. The number of hydrogen-bond donors (Lipinski definition) is 0. The number of ether oxygens (including phenoxy) is 2. The first-order valence-electron chi connectivity index (χ1n) is 10.5. The fourth-order valence-electron chi connectivity index (χ4n) is 4.78. The van der Waals surface area contributed by atoms with Crippen molar-refractivity contribution in [2.45, 2.75) is 38.0 Å². The number of carbonyl (C=O) groups is 1. The van der Waals surface area contributed by atoms with Crippen molar-refractivity contribution in [2.24, 2.45) is 17.8 Å². The van der Waals surface area contributed by atoms with Gasteiger partial charge in [-0.25, -0.2) is 8.42 Å². The van der Waals surface area contributed by atoms with E-state index >= 15 is 0 Å². The Morgan fingerprint density at radius 2 is 1.62 bits per heavy atom. The van der Waals surface area contributed by atoms with E-state index in [0.29, 0.717) is 62.5 Å². The minimum Gasteiger partial charge on any atom is -0.486 e. The van der Waals surface area contributed by atoms with Gasteiger partial charge in [0.25, 0.3) is 0 Å². The van der Waals surface area contributed by atoms with E-state index in [1.54, 1.807) is 12.1 Å². The van der Waals surface area contributed by atoms with E-state index in [-0.39, 0.29) is 16.7 Å². The highest BCUT2D eigenvalue weighted by Gasteiger charge is 2.36. The highest BCUT2D eigenvalue weighted by Crippen LogP contribution is 2.34. The molecular formula is C21H30N2O5S. The molecule has 0 bridgehead atoms. The Labute approximate surface area is 173 Å². The molecule has 0 unspecified atom stereocenters. The first kappa shape index (κ1) is 20.5. The average molecular weight is 423 g/mol. The van der Waals surface area contributed by atoms with Crippen molar-refractivity contribution in [2.75, 3.05) is 39.4 Å². The van der Waals surface area contributed by atoms with Crippen LogP contribution in [0.4, 0.5) is 0 Å². The Morgan fingerprint density at radius 1 is 1.00 bits per heavy atom. The Bertz CT molecular complexity index is 854. The van der Waals surface area contributed by atoms with Gasteiger partial charge in [-0.15, -0.1) is 0 Å². The highest BCUT2D eigenvalue weighted by molar-refractivity contribution is 7.89. The third-order valence-corrected chi connectivity index (χ3v) is 8.03. The number of amides is 1. The van der Waals surface area contributed by atoms with E-state index in [0.717, 1.165) is 19.5 Å². The summed E-state index contributed by atoms with van der Waals surface area (Å²) >= 11 is 0. The molecule has 3 aliphatic rings. The Kier molecular flexibility index (Phi) is 5.75. The number of nitrogens with zero attached hydrogens (tertiary/aromatic N) is 2. The molecule has 0 radical (unpaired) electrons. The lowest BCUT2D eigenvalue weighted by Crippen LogP contribution is -2.48. The molecule has 0 spiro atoms. The number of sulfonamides is 1. The fraction of sp³-hybridized carbons (Fsp3) is 0.667. The molecule has 160 valence electrons. The molecule has 0 aliphatic carbocycles. The van der Waals surface area contributed by atoms with Crippen LogP contribution in [0.15, 0.2) is 23.1 Å². The molecule has 1 aromatic carbocycles. The summed E-state index contributed by atoms with van der Waals surface area (Å²) in [4.78, 5) is 15.2. The molecule has 2 saturated heterocycles. The summed E-state index contributed by atoms with van der Waals surface area (Å²) in [5.74, 6) is 2.20. The number of carbonyl (C=O) groups excluding carboxylic acids is 1. The van der Waals surface area contributed by atoms with Gasteiger partial charge in [0.1, 0.15) is 13.2 Å².